The van der Waals surface area contributed by atoms with E-state index in [1.165, 1.54) is 0 Å². The molecule has 1 aromatic carbocycles. The van der Waals surface area contributed by atoms with Crippen molar-refractivity contribution in [3.63, 3.8) is 0 Å². The molecule has 2 heterocycles. The molecule has 1 aromatic heterocycles. The Kier molecular flexibility index (Phi) is 3.50. The number of rotatable bonds is 4. The second-order valence-corrected chi connectivity index (χ2v) is 5.13. The minimum absolute atomic E-state index is 0.241. The molecule has 3 rings (SSSR count). The van der Waals surface area contributed by atoms with Crippen molar-refractivity contribution in [3.8, 4) is 11.5 Å². The summed E-state index contributed by atoms with van der Waals surface area (Å²) in [6, 6.07) is 7.39. The Morgan fingerprint density at radius 3 is 2.84 bits per heavy atom. The Bertz CT molecular complexity index is 567. The zero-order valence-electron chi connectivity index (χ0n) is 10.3. The summed E-state index contributed by atoms with van der Waals surface area (Å²) in [4.78, 5) is 2.16. The van der Waals surface area contributed by atoms with Gasteiger partial charge in [-0.05, 0) is 12.1 Å². The first-order valence-corrected chi connectivity index (χ1v) is 6.54. The fourth-order valence-corrected chi connectivity index (χ4v) is 2.39. The standard InChI is InChI=1S/C13H14ClN3O2/c14-11-4-2-1-3-10(11)13-16-15-12(19-13)7-17-5-9(6-17)8-18/h1-4,9,18H,5-8H2. The number of aromatic nitrogens is 2. The highest BCUT2D eigenvalue weighted by Crippen LogP contribution is 2.27. The van der Waals surface area contributed by atoms with Gasteiger partial charge >= 0.3 is 0 Å². The van der Waals surface area contributed by atoms with E-state index < -0.39 is 0 Å². The van der Waals surface area contributed by atoms with Crippen LogP contribution in [0.4, 0.5) is 0 Å². The van der Waals surface area contributed by atoms with Crippen LogP contribution in [0, 0.1) is 5.92 Å². The number of likely N-dealkylation sites (tertiary alicyclic amines) is 1. The van der Waals surface area contributed by atoms with Crippen LogP contribution in [0.25, 0.3) is 11.5 Å². The van der Waals surface area contributed by atoms with Gasteiger partial charge in [0.2, 0.25) is 11.8 Å². The Balaban J connectivity index is 1.69. The number of hydrogen-bond acceptors (Lipinski definition) is 5. The molecule has 0 saturated carbocycles. The van der Waals surface area contributed by atoms with Crippen LogP contribution in [-0.2, 0) is 6.54 Å². The summed E-state index contributed by atoms with van der Waals surface area (Å²) < 4.78 is 5.61. The third-order valence-corrected chi connectivity index (χ3v) is 3.55. The Morgan fingerprint density at radius 1 is 1.32 bits per heavy atom. The third kappa shape index (κ3) is 2.63. The first-order valence-electron chi connectivity index (χ1n) is 6.17. The second-order valence-electron chi connectivity index (χ2n) is 4.72. The Morgan fingerprint density at radius 2 is 2.11 bits per heavy atom. The van der Waals surface area contributed by atoms with Gasteiger partial charge in [-0.15, -0.1) is 10.2 Å². The van der Waals surface area contributed by atoms with Crippen LogP contribution in [-0.4, -0.2) is 39.9 Å². The summed E-state index contributed by atoms with van der Waals surface area (Å²) in [5.74, 6) is 1.40. The number of aliphatic hydroxyl groups is 1. The van der Waals surface area contributed by atoms with E-state index in [1.54, 1.807) is 6.07 Å². The average Bonchev–Trinajstić information content (AvgIpc) is 2.82. The molecular weight excluding hydrogens is 266 g/mol. The van der Waals surface area contributed by atoms with Gasteiger partial charge < -0.3 is 9.52 Å². The molecule has 0 bridgehead atoms. The van der Waals surface area contributed by atoms with Crippen LogP contribution >= 0.6 is 11.6 Å². The highest BCUT2D eigenvalue weighted by atomic mass is 35.5. The first kappa shape index (κ1) is 12.6. The molecule has 0 aliphatic carbocycles. The van der Waals surface area contributed by atoms with Crippen molar-refractivity contribution in [2.75, 3.05) is 19.7 Å². The molecule has 5 nitrogen and oxygen atoms in total. The van der Waals surface area contributed by atoms with Crippen LogP contribution in [0.3, 0.4) is 0 Å². The van der Waals surface area contributed by atoms with E-state index in [-0.39, 0.29) is 6.61 Å². The molecule has 0 radical (unpaired) electrons. The number of aliphatic hydroxyl groups excluding tert-OH is 1. The zero-order valence-corrected chi connectivity index (χ0v) is 11.0. The molecule has 100 valence electrons. The maximum Gasteiger partial charge on any atom is 0.249 e. The van der Waals surface area contributed by atoms with E-state index in [4.69, 9.17) is 21.1 Å². The molecule has 1 saturated heterocycles. The molecule has 1 fully saturated rings. The van der Waals surface area contributed by atoms with Gasteiger partial charge in [0.05, 0.1) is 17.1 Å². The predicted octanol–water partition coefficient (Wildman–Crippen LogP) is 1.81. The van der Waals surface area contributed by atoms with Gasteiger partial charge in [-0.25, -0.2) is 0 Å². The molecule has 19 heavy (non-hydrogen) atoms. The number of hydrogen-bond donors (Lipinski definition) is 1. The molecule has 2 aromatic rings. The number of nitrogens with zero attached hydrogens (tertiary/aromatic N) is 3. The molecule has 1 N–H and O–H groups in total. The van der Waals surface area contributed by atoms with Crippen molar-refractivity contribution in [1.29, 1.82) is 0 Å². The van der Waals surface area contributed by atoms with Gasteiger partial charge in [0, 0.05) is 25.6 Å². The summed E-state index contributed by atoms with van der Waals surface area (Å²) >= 11 is 6.08. The van der Waals surface area contributed by atoms with Gasteiger partial charge in [-0.3, -0.25) is 4.90 Å². The summed E-state index contributed by atoms with van der Waals surface area (Å²) in [5.41, 5.74) is 0.750. The molecule has 1 aliphatic heterocycles. The smallest absolute Gasteiger partial charge is 0.249 e. The van der Waals surface area contributed by atoms with Crippen LogP contribution in [0.5, 0.6) is 0 Å². The van der Waals surface area contributed by atoms with Crippen molar-refractivity contribution >= 4 is 11.6 Å². The zero-order chi connectivity index (χ0) is 13.2. The summed E-state index contributed by atoms with van der Waals surface area (Å²) in [6.07, 6.45) is 0. The molecule has 1 aliphatic rings. The van der Waals surface area contributed by atoms with Crippen molar-refractivity contribution < 1.29 is 9.52 Å². The minimum Gasteiger partial charge on any atom is -0.419 e. The molecule has 0 spiro atoms. The van der Waals surface area contributed by atoms with E-state index in [9.17, 15) is 0 Å². The van der Waals surface area contributed by atoms with Crippen molar-refractivity contribution in [2.24, 2.45) is 5.92 Å². The van der Waals surface area contributed by atoms with Crippen LogP contribution in [0.15, 0.2) is 28.7 Å². The van der Waals surface area contributed by atoms with E-state index in [0.29, 0.717) is 29.3 Å². The lowest BCUT2D eigenvalue weighted by Gasteiger charge is -2.37. The maximum absolute atomic E-state index is 8.96. The monoisotopic (exact) mass is 279 g/mol. The molecule has 0 unspecified atom stereocenters. The largest absolute Gasteiger partial charge is 0.419 e. The highest BCUT2D eigenvalue weighted by molar-refractivity contribution is 6.33. The summed E-state index contributed by atoms with van der Waals surface area (Å²) in [5, 5.41) is 17.6. The van der Waals surface area contributed by atoms with Gasteiger partial charge in [0.15, 0.2) is 0 Å². The van der Waals surface area contributed by atoms with E-state index >= 15 is 0 Å². The van der Waals surface area contributed by atoms with Gasteiger partial charge in [0.25, 0.3) is 0 Å². The normalized spacial score (nSPS) is 16.5. The average molecular weight is 280 g/mol. The van der Waals surface area contributed by atoms with Crippen molar-refractivity contribution in [1.82, 2.24) is 15.1 Å². The summed E-state index contributed by atoms with van der Waals surface area (Å²) in [7, 11) is 0. The second kappa shape index (κ2) is 5.28. The first-order chi connectivity index (χ1) is 9.26. The van der Waals surface area contributed by atoms with Gasteiger partial charge in [0.1, 0.15) is 0 Å². The predicted molar refractivity (Wildman–Crippen MR) is 70.6 cm³/mol. The van der Waals surface area contributed by atoms with E-state index in [2.05, 4.69) is 15.1 Å². The quantitative estimate of drug-likeness (QED) is 0.925. The molecular formula is C13H14ClN3O2. The SMILES string of the molecule is OCC1CN(Cc2nnc(-c3ccccc3Cl)o2)C1. The lowest BCUT2D eigenvalue weighted by atomic mass is 10.0. The molecule has 0 amide bonds. The molecule has 6 heteroatoms. The van der Waals surface area contributed by atoms with Gasteiger partial charge in [-0.2, -0.15) is 0 Å². The van der Waals surface area contributed by atoms with E-state index in [1.807, 2.05) is 18.2 Å². The van der Waals surface area contributed by atoms with Crippen LogP contribution < -0.4 is 0 Å². The van der Waals surface area contributed by atoms with Gasteiger partial charge in [-0.1, -0.05) is 23.7 Å². The number of halogens is 1. The Labute approximate surface area is 115 Å². The Hall–Kier alpha value is -1.43. The number of benzene rings is 1. The van der Waals surface area contributed by atoms with Crippen molar-refractivity contribution in [3.05, 3.63) is 35.2 Å². The van der Waals surface area contributed by atoms with E-state index in [0.717, 1.165) is 18.7 Å². The lowest BCUT2D eigenvalue weighted by Crippen LogP contribution is -2.47. The fourth-order valence-electron chi connectivity index (χ4n) is 2.17. The maximum atomic E-state index is 8.96. The molecule has 0 atom stereocenters. The highest BCUT2D eigenvalue weighted by Gasteiger charge is 2.27. The minimum atomic E-state index is 0.241. The topological polar surface area (TPSA) is 62.4 Å². The van der Waals surface area contributed by atoms with Crippen molar-refractivity contribution in [2.45, 2.75) is 6.54 Å². The fraction of sp³-hybridized carbons (Fsp3) is 0.385. The third-order valence-electron chi connectivity index (χ3n) is 3.22. The van der Waals surface area contributed by atoms with Crippen LogP contribution in [0.2, 0.25) is 5.02 Å². The van der Waals surface area contributed by atoms with Crippen LogP contribution in [0.1, 0.15) is 5.89 Å². The summed E-state index contributed by atoms with van der Waals surface area (Å²) in [6.45, 7) is 2.61. The lowest BCUT2D eigenvalue weighted by molar-refractivity contribution is 0.0417.